The number of carboxylic acid groups (broad SMARTS) is 1. The molecule has 0 fully saturated rings. The highest BCUT2D eigenvalue weighted by atomic mass is 79.9. The van der Waals surface area contributed by atoms with Gasteiger partial charge in [-0.05, 0) is 12.8 Å². The van der Waals surface area contributed by atoms with Crippen LogP contribution in [0.25, 0.3) is 0 Å². The third-order valence-electron chi connectivity index (χ3n) is 3.71. The predicted molar refractivity (Wildman–Crippen MR) is 74.8 cm³/mol. The van der Waals surface area contributed by atoms with Gasteiger partial charge in [-0.25, -0.2) is 9.55 Å². The molecule has 0 radical (unpaired) electrons. The van der Waals surface area contributed by atoms with Gasteiger partial charge in [-0.1, -0.05) is 39.0 Å². The summed E-state index contributed by atoms with van der Waals surface area (Å²) in [4.78, 5) is 14.4. The second-order valence-corrected chi connectivity index (χ2v) is 5.29. The number of hydrogen-bond donors (Lipinski definition) is 2. The lowest BCUT2D eigenvalue weighted by Gasteiger charge is -2.10. The molecule has 1 rings (SSSR count). The van der Waals surface area contributed by atoms with Crippen LogP contribution in [0.15, 0.2) is 12.4 Å². The van der Waals surface area contributed by atoms with Gasteiger partial charge in [0.15, 0.2) is 0 Å². The minimum absolute atomic E-state index is 0. The monoisotopic (exact) mass is 346 g/mol. The van der Waals surface area contributed by atoms with Crippen LogP contribution in [0.4, 0.5) is 0 Å². The number of H-pyrrole nitrogens is 1. The lowest BCUT2D eigenvalue weighted by molar-refractivity contribution is -0.677. The van der Waals surface area contributed by atoms with Crippen molar-refractivity contribution in [3.63, 3.8) is 0 Å². The highest BCUT2D eigenvalue weighted by Gasteiger charge is 2.19. The van der Waals surface area contributed by atoms with Gasteiger partial charge in [0.2, 0.25) is 0 Å². The summed E-state index contributed by atoms with van der Waals surface area (Å²) in [6.45, 7) is 2.19. The first-order valence-corrected chi connectivity index (χ1v) is 7.39. The van der Waals surface area contributed by atoms with E-state index in [2.05, 4.69) is 11.9 Å². The van der Waals surface area contributed by atoms with E-state index in [1.54, 1.807) is 0 Å². The summed E-state index contributed by atoms with van der Waals surface area (Å²) in [5, 5.41) is 9.26. The van der Waals surface area contributed by atoms with Gasteiger partial charge in [-0.3, -0.25) is 4.79 Å². The van der Waals surface area contributed by atoms with Crippen LogP contribution in [0.5, 0.6) is 0 Å². The quantitative estimate of drug-likeness (QED) is 0.456. The van der Waals surface area contributed by atoms with Gasteiger partial charge >= 0.3 is 5.97 Å². The molecular weight excluding hydrogens is 320 g/mol. The predicted octanol–water partition coefficient (Wildman–Crippen LogP) is -0.163. The van der Waals surface area contributed by atoms with Crippen LogP contribution in [0.3, 0.4) is 0 Å². The maximum Gasteiger partial charge on any atom is 0.306 e. The third kappa shape index (κ3) is 7.08. The Morgan fingerprint density at radius 2 is 2.00 bits per heavy atom. The van der Waals surface area contributed by atoms with Gasteiger partial charge < -0.3 is 22.1 Å². The number of halogens is 1. The van der Waals surface area contributed by atoms with E-state index in [4.69, 9.17) is 0 Å². The molecule has 1 unspecified atom stereocenters. The minimum atomic E-state index is -0.648. The van der Waals surface area contributed by atoms with E-state index in [1.165, 1.54) is 19.3 Å². The average molecular weight is 347 g/mol. The summed E-state index contributed by atoms with van der Waals surface area (Å²) in [6.07, 6.45) is 12.1. The maximum atomic E-state index is 11.2. The second kappa shape index (κ2) is 10.9. The topological polar surface area (TPSA) is 57.0 Å². The van der Waals surface area contributed by atoms with Crippen molar-refractivity contribution in [2.75, 3.05) is 0 Å². The van der Waals surface area contributed by atoms with Crippen LogP contribution < -0.4 is 21.5 Å². The summed E-state index contributed by atoms with van der Waals surface area (Å²) in [6, 6.07) is 0. The lowest BCUT2D eigenvalue weighted by atomic mass is 9.95. The Labute approximate surface area is 132 Å². The first kappa shape index (κ1) is 19.2. The number of unbranched alkanes of at least 4 members (excludes halogenated alkanes) is 4. The molecule has 1 aromatic heterocycles. The largest absolute Gasteiger partial charge is 1.00 e. The van der Waals surface area contributed by atoms with Gasteiger partial charge in [0.25, 0.3) is 5.82 Å². The van der Waals surface area contributed by atoms with Crippen molar-refractivity contribution in [3.8, 4) is 0 Å². The summed E-state index contributed by atoms with van der Waals surface area (Å²) in [7, 11) is 1.98. The van der Waals surface area contributed by atoms with Crippen LogP contribution in [0.1, 0.15) is 57.7 Å². The molecule has 0 aliphatic carbocycles. The number of aryl methyl sites for hydroxylation is 2. The fraction of sp³-hybridized carbons (Fsp3) is 0.733. The molecule has 1 aromatic rings. The summed E-state index contributed by atoms with van der Waals surface area (Å²) >= 11 is 0. The molecule has 1 atom stereocenters. The average Bonchev–Trinajstić information content (AvgIpc) is 2.78. The number of aromatic amines is 1. The molecule has 116 valence electrons. The van der Waals surface area contributed by atoms with Gasteiger partial charge in [0.1, 0.15) is 12.4 Å². The number of aromatic nitrogens is 2. The molecule has 0 bridgehead atoms. The Kier molecular flexibility index (Phi) is 10.4. The maximum absolute atomic E-state index is 11.2. The zero-order chi connectivity index (χ0) is 14.1. The number of hydrogen-bond acceptors (Lipinski definition) is 1. The molecule has 0 aromatic carbocycles. The van der Waals surface area contributed by atoms with E-state index >= 15 is 0 Å². The molecule has 0 spiro atoms. The number of rotatable bonds is 10. The van der Waals surface area contributed by atoms with Crippen molar-refractivity contribution in [1.82, 2.24) is 4.98 Å². The highest BCUT2D eigenvalue weighted by Crippen LogP contribution is 2.16. The summed E-state index contributed by atoms with van der Waals surface area (Å²) in [5.41, 5.74) is 0. The van der Waals surface area contributed by atoms with Crippen molar-refractivity contribution in [2.45, 2.75) is 58.3 Å². The van der Waals surface area contributed by atoms with Gasteiger partial charge in [0, 0.05) is 6.42 Å². The van der Waals surface area contributed by atoms with E-state index in [-0.39, 0.29) is 22.9 Å². The Hall–Kier alpha value is -0.840. The SMILES string of the molecule is CCCCCCCC(CCc1[nH]cc[n+]1C)C(=O)O.[Br-]. The Balaban J connectivity index is 0.00000361. The normalized spacial score (nSPS) is 11.9. The van der Waals surface area contributed by atoms with Crippen molar-refractivity contribution < 1.29 is 31.4 Å². The first-order chi connectivity index (χ1) is 9.15. The van der Waals surface area contributed by atoms with E-state index in [0.29, 0.717) is 0 Å². The van der Waals surface area contributed by atoms with Crippen LogP contribution in [0.2, 0.25) is 0 Å². The standard InChI is InChI=1S/C15H26N2O2.BrH/c1-3-4-5-6-7-8-13(15(18)19)9-10-14-16-11-12-17(14)2;/h11-13H,3-10H2,1-2H3,(H,18,19);1H. The van der Waals surface area contributed by atoms with Gasteiger partial charge in [0.05, 0.1) is 13.0 Å². The van der Waals surface area contributed by atoms with Crippen LogP contribution >= 0.6 is 0 Å². The van der Waals surface area contributed by atoms with E-state index in [9.17, 15) is 9.90 Å². The molecule has 20 heavy (non-hydrogen) atoms. The molecule has 0 aliphatic rings. The molecule has 2 N–H and O–H groups in total. The van der Waals surface area contributed by atoms with Crippen molar-refractivity contribution in [1.29, 1.82) is 0 Å². The van der Waals surface area contributed by atoms with E-state index in [0.717, 1.165) is 37.9 Å². The summed E-state index contributed by atoms with van der Waals surface area (Å²) < 4.78 is 2.01. The fourth-order valence-corrected chi connectivity index (χ4v) is 2.38. The van der Waals surface area contributed by atoms with E-state index < -0.39 is 5.97 Å². The van der Waals surface area contributed by atoms with Crippen molar-refractivity contribution in [2.24, 2.45) is 13.0 Å². The zero-order valence-corrected chi connectivity index (χ0v) is 14.2. The Bertz CT molecular complexity index is 380. The lowest BCUT2D eigenvalue weighted by Crippen LogP contribution is -3.00. The third-order valence-corrected chi connectivity index (χ3v) is 3.71. The number of nitrogens with one attached hydrogen (secondary N) is 1. The van der Waals surface area contributed by atoms with Crippen LogP contribution in [-0.2, 0) is 18.3 Å². The van der Waals surface area contributed by atoms with Gasteiger partial charge in [-0.15, -0.1) is 0 Å². The van der Waals surface area contributed by atoms with Crippen molar-refractivity contribution in [3.05, 3.63) is 18.2 Å². The number of imidazole rings is 1. The zero-order valence-electron chi connectivity index (χ0n) is 12.6. The molecule has 0 amide bonds. The highest BCUT2D eigenvalue weighted by molar-refractivity contribution is 5.69. The molecule has 5 heteroatoms. The van der Waals surface area contributed by atoms with Crippen LogP contribution in [-0.4, -0.2) is 16.1 Å². The van der Waals surface area contributed by atoms with Crippen molar-refractivity contribution >= 4 is 5.97 Å². The Morgan fingerprint density at radius 3 is 2.55 bits per heavy atom. The second-order valence-electron chi connectivity index (χ2n) is 5.29. The van der Waals surface area contributed by atoms with Crippen LogP contribution in [0, 0.1) is 5.92 Å². The number of nitrogens with zero attached hydrogens (tertiary/aromatic N) is 1. The molecule has 0 aliphatic heterocycles. The van der Waals surface area contributed by atoms with E-state index in [1.807, 2.05) is 24.0 Å². The fourth-order valence-electron chi connectivity index (χ4n) is 2.38. The molecule has 4 nitrogen and oxygen atoms in total. The number of carboxylic acids is 1. The number of carbonyl (C=O) groups is 1. The minimum Gasteiger partial charge on any atom is -1.00 e. The number of aliphatic carboxylic acids is 1. The molecule has 1 heterocycles. The molecule has 0 saturated heterocycles. The summed E-state index contributed by atoms with van der Waals surface area (Å²) in [5.74, 6) is 0.242. The Morgan fingerprint density at radius 1 is 1.30 bits per heavy atom. The smallest absolute Gasteiger partial charge is 0.306 e. The van der Waals surface area contributed by atoms with Gasteiger partial charge in [-0.2, -0.15) is 0 Å². The molecular formula is C15H27BrN2O2. The molecule has 0 saturated carbocycles. The first-order valence-electron chi connectivity index (χ1n) is 7.39.